The zero-order chi connectivity index (χ0) is 19.1. The zero-order valence-electron chi connectivity index (χ0n) is 15.5. The van der Waals surface area contributed by atoms with Crippen LogP contribution in [0.4, 0.5) is 16.2 Å². The van der Waals surface area contributed by atoms with Crippen LogP contribution in [0.15, 0.2) is 42.5 Å². The first-order valence-corrected chi connectivity index (χ1v) is 9.28. The topological polar surface area (TPSA) is 79.5 Å². The van der Waals surface area contributed by atoms with Crippen LogP contribution in [0, 0.1) is 0 Å². The van der Waals surface area contributed by atoms with Crippen LogP contribution < -0.4 is 20.7 Å². The Bertz CT molecular complexity index is 820. The summed E-state index contributed by atoms with van der Waals surface area (Å²) in [5.41, 5.74) is 3.93. The van der Waals surface area contributed by atoms with E-state index in [1.807, 2.05) is 12.1 Å². The van der Waals surface area contributed by atoms with E-state index in [4.69, 9.17) is 4.74 Å². The van der Waals surface area contributed by atoms with Gasteiger partial charge in [0.05, 0.1) is 6.54 Å². The highest BCUT2D eigenvalue weighted by Gasteiger charge is 2.13. The van der Waals surface area contributed by atoms with Gasteiger partial charge in [-0.25, -0.2) is 4.79 Å². The number of anilines is 2. The van der Waals surface area contributed by atoms with Gasteiger partial charge >= 0.3 is 6.03 Å². The molecule has 0 radical (unpaired) electrons. The van der Waals surface area contributed by atoms with Gasteiger partial charge in [-0.05, 0) is 61.1 Å². The van der Waals surface area contributed by atoms with Crippen LogP contribution in [-0.4, -0.2) is 25.1 Å². The molecular weight excluding hydrogens is 342 g/mol. The van der Waals surface area contributed by atoms with E-state index >= 15 is 0 Å². The number of amides is 3. The smallest absolute Gasteiger partial charge is 0.319 e. The minimum Gasteiger partial charge on any atom is -0.491 e. The summed E-state index contributed by atoms with van der Waals surface area (Å²) in [4.78, 5) is 23.1. The van der Waals surface area contributed by atoms with Crippen LogP contribution >= 0.6 is 0 Å². The zero-order valence-corrected chi connectivity index (χ0v) is 15.5. The largest absolute Gasteiger partial charge is 0.491 e. The maximum Gasteiger partial charge on any atom is 0.319 e. The number of nitrogens with one attached hydrogen (secondary N) is 3. The standard InChI is InChI=1S/C21H25N3O3/c1-15(25)23-17-8-5-9-18(14-17)24-21(26)22-12-13-27-20-11-4-7-16-6-2-3-10-19(16)20/h4-5,7-9,11,14H,2-3,6,10,12-13H2,1H3,(H,23,25)(H2,22,24,26). The second kappa shape index (κ2) is 9.07. The van der Waals surface area contributed by atoms with Crippen molar-refractivity contribution in [2.45, 2.75) is 32.6 Å². The minimum atomic E-state index is -0.311. The van der Waals surface area contributed by atoms with E-state index in [2.05, 4.69) is 22.0 Å². The van der Waals surface area contributed by atoms with E-state index in [1.165, 1.54) is 30.9 Å². The number of carbonyl (C=O) groups excluding carboxylic acids is 2. The Labute approximate surface area is 159 Å². The summed E-state index contributed by atoms with van der Waals surface area (Å²) in [6, 6.07) is 12.9. The van der Waals surface area contributed by atoms with Gasteiger partial charge in [-0.1, -0.05) is 18.2 Å². The highest BCUT2D eigenvalue weighted by Crippen LogP contribution is 2.29. The van der Waals surface area contributed by atoms with Gasteiger partial charge in [-0.3, -0.25) is 4.79 Å². The molecule has 6 nitrogen and oxygen atoms in total. The van der Waals surface area contributed by atoms with E-state index in [0.29, 0.717) is 24.5 Å². The van der Waals surface area contributed by atoms with Crippen molar-refractivity contribution in [1.29, 1.82) is 0 Å². The van der Waals surface area contributed by atoms with Gasteiger partial charge < -0.3 is 20.7 Å². The molecule has 0 unspecified atom stereocenters. The van der Waals surface area contributed by atoms with E-state index in [0.717, 1.165) is 18.6 Å². The van der Waals surface area contributed by atoms with Crippen molar-refractivity contribution in [3.05, 3.63) is 53.6 Å². The molecule has 1 aliphatic carbocycles. The molecule has 3 amide bonds. The Hall–Kier alpha value is -3.02. The lowest BCUT2D eigenvalue weighted by atomic mass is 9.91. The summed E-state index contributed by atoms with van der Waals surface area (Å²) in [6.07, 6.45) is 4.61. The lowest BCUT2D eigenvalue weighted by molar-refractivity contribution is -0.114. The minimum absolute atomic E-state index is 0.156. The molecule has 0 atom stereocenters. The summed E-state index contributed by atoms with van der Waals surface area (Å²) >= 11 is 0. The first kappa shape index (κ1) is 18.8. The summed E-state index contributed by atoms with van der Waals surface area (Å²) < 4.78 is 5.88. The highest BCUT2D eigenvalue weighted by atomic mass is 16.5. The Kier molecular flexibility index (Phi) is 6.30. The number of aryl methyl sites for hydroxylation is 1. The van der Waals surface area contributed by atoms with Crippen LogP contribution in [0.2, 0.25) is 0 Å². The van der Waals surface area contributed by atoms with E-state index in [-0.39, 0.29) is 11.9 Å². The second-order valence-electron chi connectivity index (χ2n) is 6.59. The monoisotopic (exact) mass is 367 g/mol. The van der Waals surface area contributed by atoms with Crippen LogP contribution in [-0.2, 0) is 17.6 Å². The van der Waals surface area contributed by atoms with Gasteiger partial charge in [0.15, 0.2) is 0 Å². The van der Waals surface area contributed by atoms with Gasteiger partial charge in [0.2, 0.25) is 5.91 Å². The third-order valence-electron chi connectivity index (χ3n) is 4.44. The third kappa shape index (κ3) is 5.48. The van der Waals surface area contributed by atoms with Crippen LogP contribution in [0.5, 0.6) is 5.75 Å². The quantitative estimate of drug-likeness (QED) is 0.681. The summed E-state index contributed by atoms with van der Waals surface area (Å²) in [7, 11) is 0. The van der Waals surface area contributed by atoms with Crippen molar-refractivity contribution in [3.63, 3.8) is 0 Å². The van der Waals surface area contributed by atoms with E-state index < -0.39 is 0 Å². The number of benzene rings is 2. The fraction of sp³-hybridized carbons (Fsp3) is 0.333. The van der Waals surface area contributed by atoms with Gasteiger partial charge in [0.25, 0.3) is 0 Å². The first-order valence-electron chi connectivity index (χ1n) is 9.28. The maximum atomic E-state index is 12.0. The fourth-order valence-corrected chi connectivity index (χ4v) is 3.26. The summed E-state index contributed by atoms with van der Waals surface area (Å²) in [5.74, 6) is 0.772. The molecule has 27 heavy (non-hydrogen) atoms. The molecule has 1 aliphatic rings. The lowest BCUT2D eigenvalue weighted by Gasteiger charge is -2.19. The molecule has 6 heteroatoms. The number of rotatable bonds is 6. The van der Waals surface area contributed by atoms with Crippen LogP contribution in [0.3, 0.4) is 0 Å². The van der Waals surface area contributed by atoms with Gasteiger partial charge in [0.1, 0.15) is 12.4 Å². The number of fused-ring (bicyclic) bond motifs is 1. The van der Waals surface area contributed by atoms with Crippen molar-refractivity contribution in [1.82, 2.24) is 5.32 Å². The molecule has 3 rings (SSSR count). The normalized spacial score (nSPS) is 12.6. The van der Waals surface area contributed by atoms with Crippen molar-refractivity contribution in [3.8, 4) is 5.75 Å². The summed E-state index contributed by atoms with van der Waals surface area (Å²) in [5, 5.41) is 8.21. The molecule has 2 aromatic rings. The fourth-order valence-electron chi connectivity index (χ4n) is 3.26. The molecule has 0 fully saturated rings. The average Bonchev–Trinajstić information content (AvgIpc) is 2.65. The Morgan fingerprint density at radius 3 is 2.56 bits per heavy atom. The molecule has 0 heterocycles. The summed E-state index contributed by atoms with van der Waals surface area (Å²) in [6.45, 7) is 2.26. The predicted molar refractivity (Wildman–Crippen MR) is 106 cm³/mol. The molecule has 0 aliphatic heterocycles. The number of urea groups is 1. The van der Waals surface area contributed by atoms with E-state index in [1.54, 1.807) is 24.3 Å². The van der Waals surface area contributed by atoms with Crippen molar-refractivity contribution in [2.24, 2.45) is 0 Å². The third-order valence-corrected chi connectivity index (χ3v) is 4.44. The molecule has 0 bridgehead atoms. The lowest BCUT2D eigenvalue weighted by Crippen LogP contribution is -2.32. The molecule has 0 saturated carbocycles. The predicted octanol–water partition coefficient (Wildman–Crippen LogP) is 3.72. The highest BCUT2D eigenvalue weighted by molar-refractivity contribution is 5.92. The Balaban J connectivity index is 1.45. The molecule has 3 N–H and O–H groups in total. The van der Waals surface area contributed by atoms with Crippen molar-refractivity contribution >= 4 is 23.3 Å². The molecule has 0 saturated heterocycles. The van der Waals surface area contributed by atoms with Gasteiger partial charge in [-0.2, -0.15) is 0 Å². The molecule has 0 aromatic heterocycles. The average molecular weight is 367 g/mol. The Morgan fingerprint density at radius 2 is 1.74 bits per heavy atom. The molecule has 2 aromatic carbocycles. The van der Waals surface area contributed by atoms with Crippen molar-refractivity contribution in [2.75, 3.05) is 23.8 Å². The first-order chi connectivity index (χ1) is 13.1. The Morgan fingerprint density at radius 1 is 1.00 bits per heavy atom. The number of carbonyl (C=O) groups is 2. The van der Waals surface area contributed by atoms with Gasteiger partial charge in [-0.15, -0.1) is 0 Å². The van der Waals surface area contributed by atoms with Crippen LogP contribution in [0.25, 0.3) is 0 Å². The second-order valence-corrected chi connectivity index (χ2v) is 6.59. The number of ether oxygens (including phenoxy) is 1. The molecule has 142 valence electrons. The van der Waals surface area contributed by atoms with Gasteiger partial charge in [0, 0.05) is 18.3 Å². The van der Waals surface area contributed by atoms with E-state index in [9.17, 15) is 9.59 Å². The number of hydrogen-bond acceptors (Lipinski definition) is 3. The van der Waals surface area contributed by atoms with Crippen LogP contribution in [0.1, 0.15) is 30.9 Å². The van der Waals surface area contributed by atoms with Crippen molar-refractivity contribution < 1.29 is 14.3 Å². The SMILES string of the molecule is CC(=O)Nc1cccc(NC(=O)NCCOc2cccc3c2CCCC3)c1. The molecular formula is C21H25N3O3. The number of hydrogen-bond donors (Lipinski definition) is 3. The molecule has 0 spiro atoms. The maximum absolute atomic E-state index is 12.0.